The maximum atomic E-state index is 12.3. The van der Waals surface area contributed by atoms with E-state index >= 15 is 0 Å². The van der Waals surface area contributed by atoms with E-state index in [2.05, 4.69) is 36.1 Å². The highest BCUT2D eigenvalue weighted by molar-refractivity contribution is 7.14. The van der Waals surface area contributed by atoms with E-state index in [9.17, 15) is 4.79 Å². The lowest BCUT2D eigenvalue weighted by molar-refractivity contribution is 0.102. The molecule has 26 heavy (non-hydrogen) atoms. The number of carbonyl (C=O) groups is 1. The first-order valence-electron chi connectivity index (χ1n) is 7.56. The van der Waals surface area contributed by atoms with E-state index in [4.69, 9.17) is 0 Å². The first-order valence-corrected chi connectivity index (χ1v) is 8.44. The predicted molar refractivity (Wildman–Crippen MR) is 96.7 cm³/mol. The summed E-state index contributed by atoms with van der Waals surface area (Å²) < 4.78 is 1.53. The summed E-state index contributed by atoms with van der Waals surface area (Å²) in [7, 11) is 0. The summed E-state index contributed by atoms with van der Waals surface area (Å²) in [6.07, 6.45) is 3.18. The number of carbonyl (C=O) groups excluding carboxylic acids is 1. The van der Waals surface area contributed by atoms with E-state index in [1.807, 2.05) is 18.2 Å². The van der Waals surface area contributed by atoms with Crippen molar-refractivity contribution in [2.24, 2.45) is 0 Å². The summed E-state index contributed by atoms with van der Waals surface area (Å²) in [5.41, 5.74) is 1.78. The molecular formula is C16H12N8OS. The van der Waals surface area contributed by atoms with Gasteiger partial charge in [0, 0.05) is 17.3 Å². The molecular weight excluding hydrogens is 352 g/mol. The van der Waals surface area contributed by atoms with Crippen LogP contribution in [0.5, 0.6) is 0 Å². The highest BCUT2D eigenvalue weighted by Crippen LogP contribution is 2.20. The summed E-state index contributed by atoms with van der Waals surface area (Å²) in [6.45, 7) is 0. The van der Waals surface area contributed by atoms with E-state index in [0.717, 1.165) is 5.69 Å². The van der Waals surface area contributed by atoms with Crippen LogP contribution in [0.15, 0.2) is 60.4 Å². The van der Waals surface area contributed by atoms with Gasteiger partial charge in [-0.3, -0.25) is 4.79 Å². The number of thiazole rings is 1. The van der Waals surface area contributed by atoms with Crippen LogP contribution in [0.2, 0.25) is 0 Å². The Morgan fingerprint density at radius 2 is 2.00 bits per heavy atom. The van der Waals surface area contributed by atoms with E-state index in [1.54, 1.807) is 35.8 Å². The second kappa shape index (κ2) is 7.07. The minimum Gasteiger partial charge on any atom is -0.321 e. The van der Waals surface area contributed by atoms with Gasteiger partial charge in [0.15, 0.2) is 5.13 Å². The van der Waals surface area contributed by atoms with E-state index in [-0.39, 0.29) is 5.91 Å². The van der Waals surface area contributed by atoms with Crippen LogP contribution in [-0.4, -0.2) is 36.1 Å². The molecule has 0 bridgehead atoms. The monoisotopic (exact) mass is 364 g/mol. The highest BCUT2D eigenvalue weighted by Gasteiger charge is 2.11. The zero-order valence-corrected chi connectivity index (χ0v) is 14.1. The Labute approximate surface area is 151 Å². The summed E-state index contributed by atoms with van der Waals surface area (Å²) in [5, 5.41) is 19.1. The third-order valence-electron chi connectivity index (χ3n) is 3.38. The van der Waals surface area contributed by atoms with Gasteiger partial charge in [0.25, 0.3) is 5.91 Å². The van der Waals surface area contributed by atoms with Gasteiger partial charge in [0.05, 0.1) is 5.69 Å². The first kappa shape index (κ1) is 15.8. The van der Waals surface area contributed by atoms with Crippen molar-refractivity contribution in [1.29, 1.82) is 0 Å². The highest BCUT2D eigenvalue weighted by atomic mass is 32.1. The van der Waals surface area contributed by atoms with Crippen molar-refractivity contribution >= 4 is 33.9 Å². The van der Waals surface area contributed by atoms with Gasteiger partial charge in [-0.1, -0.05) is 6.07 Å². The smallest absolute Gasteiger partial charge is 0.275 e. The molecule has 0 spiro atoms. The number of rotatable bonds is 5. The van der Waals surface area contributed by atoms with E-state index in [1.165, 1.54) is 22.3 Å². The standard InChI is InChI=1S/C16H12N8OS/c25-15(13-9-26-16(20-13)21-14-3-1-2-8-17-14)19-11-4-6-12(7-5-11)24-10-18-22-23-24/h1-10H,(H,19,25)(H,17,20,21). The largest absolute Gasteiger partial charge is 0.321 e. The van der Waals surface area contributed by atoms with Gasteiger partial charge >= 0.3 is 0 Å². The quantitative estimate of drug-likeness (QED) is 0.560. The average molecular weight is 364 g/mol. The number of aromatic nitrogens is 6. The molecule has 128 valence electrons. The lowest BCUT2D eigenvalue weighted by atomic mass is 10.2. The SMILES string of the molecule is O=C(Nc1ccc(-n2cnnn2)cc1)c1csc(Nc2ccccn2)n1. The molecule has 9 nitrogen and oxygen atoms in total. The minimum absolute atomic E-state index is 0.287. The van der Waals surface area contributed by atoms with Crippen LogP contribution in [0.1, 0.15) is 10.5 Å². The predicted octanol–water partition coefficient (Wildman–Crippen LogP) is 2.51. The third kappa shape index (κ3) is 3.54. The second-order valence-corrected chi connectivity index (χ2v) is 5.99. The van der Waals surface area contributed by atoms with Crippen molar-refractivity contribution in [2.75, 3.05) is 10.6 Å². The second-order valence-electron chi connectivity index (χ2n) is 5.13. The molecule has 0 unspecified atom stereocenters. The number of anilines is 3. The fourth-order valence-corrected chi connectivity index (χ4v) is 2.85. The number of benzene rings is 1. The third-order valence-corrected chi connectivity index (χ3v) is 4.13. The molecule has 0 aliphatic carbocycles. The number of hydrogen-bond donors (Lipinski definition) is 2. The van der Waals surface area contributed by atoms with Gasteiger partial charge in [-0.05, 0) is 46.8 Å². The van der Waals surface area contributed by atoms with E-state index in [0.29, 0.717) is 22.3 Å². The minimum atomic E-state index is -0.287. The molecule has 0 atom stereocenters. The summed E-state index contributed by atoms with van der Waals surface area (Å²) in [6, 6.07) is 12.7. The van der Waals surface area contributed by atoms with Crippen LogP contribution < -0.4 is 10.6 Å². The molecule has 1 aromatic carbocycles. The van der Waals surface area contributed by atoms with Crippen LogP contribution in [0.3, 0.4) is 0 Å². The maximum Gasteiger partial charge on any atom is 0.275 e. The number of nitrogens with zero attached hydrogens (tertiary/aromatic N) is 6. The Hall–Kier alpha value is -3.66. The van der Waals surface area contributed by atoms with Crippen molar-refractivity contribution in [3.63, 3.8) is 0 Å². The zero-order valence-electron chi connectivity index (χ0n) is 13.3. The maximum absolute atomic E-state index is 12.3. The van der Waals surface area contributed by atoms with Gasteiger partial charge in [-0.25, -0.2) is 14.6 Å². The van der Waals surface area contributed by atoms with Gasteiger partial charge in [0.1, 0.15) is 17.8 Å². The molecule has 3 heterocycles. The topological polar surface area (TPSA) is 111 Å². The lowest BCUT2D eigenvalue weighted by Gasteiger charge is -2.04. The summed E-state index contributed by atoms with van der Waals surface area (Å²) >= 11 is 1.34. The van der Waals surface area contributed by atoms with Crippen LogP contribution in [0.25, 0.3) is 5.69 Å². The Morgan fingerprint density at radius 3 is 2.73 bits per heavy atom. The lowest BCUT2D eigenvalue weighted by Crippen LogP contribution is -2.12. The molecule has 0 saturated carbocycles. The Morgan fingerprint density at radius 1 is 1.12 bits per heavy atom. The van der Waals surface area contributed by atoms with Crippen molar-refractivity contribution < 1.29 is 4.79 Å². The van der Waals surface area contributed by atoms with Crippen molar-refractivity contribution in [3.05, 3.63) is 66.1 Å². The van der Waals surface area contributed by atoms with Gasteiger partial charge < -0.3 is 10.6 Å². The Bertz CT molecular complexity index is 998. The summed E-state index contributed by atoms with van der Waals surface area (Å²) in [4.78, 5) is 20.8. The normalized spacial score (nSPS) is 10.5. The number of tetrazole rings is 1. The molecule has 0 aliphatic rings. The molecule has 0 fully saturated rings. The fourth-order valence-electron chi connectivity index (χ4n) is 2.15. The number of nitrogens with one attached hydrogen (secondary N) is 2. The molecule has 10 heteroatoms. The molecule has 3 aromatic heterocycles. The molecule has 4 aromatic rings. The zero-order chi connectivity index (χ0) is 17.8. The molecule has 0 radical (unpaired) electrons. The molecule has 4 rings (SSSR count). The summed E-state index contributed by atoms with van der Waals surface area (Å²) in [5.74, 6) is 0.387. The van der Waals surface area contributed by atoms with Crippen molar-refractivity contribution in [3.8, 4) is 5.69 Å². The molecule has 2 N–H and O–H groups in total. The van der Waals surface area contributed by atoms with E-state index < -0.39 is 0 Å². The number of pyridine rings is 1. The fraction of sp³-hybridized carbons (Fsp3) is 0. The van der Waals surface area contributed by atoms with Gasteiger partial charge in [0.2, 0.25) is 0 Å². The van der Waals surface area contributed by atoms with Crippen LogP contribution in [0.4, 0.5) is 16.6 Å². The van der Waals surface area contributed by atoms with Gasteiger partial charge in [-0.15, -0.1) is 16.4 Å². The number of amides is 1. The van der Waals surface area contributed by atoms with Crippen LogP contribution >= 0.6 is 11.3 Å². The van der Waals surface area contributed by atoms with Crippen LogP contribution in [-0.2, 0) is 0 Å². The molecule has 1 amide bonds. The molecule has 0 saturated heterocycles. The van der Waals surface area contributed by atoms with Crippen molar-refractivity contribution in [1.82, 2.24) is 30.2 Å². The first-order chi connectivity index (χ1) is 12.8. The van der Waals surface area contributed by atoms with Gasteiger partial charge in [-0.2, -0.15) is 0 Å². The van der Waals surface area contributed by atoms with Crippen LogP contribution in [0, 0.1) is 0 Å². The molecule has 0 aliphatic heterocycles. The van der Waals surface area contributed by atoms with Crippen molar-refractivity contribution in [2.45, 2.75) is 0 Å². The number of hydrogen-bond acceptors (Lipinski definition) is 8. The average Bonchev–Trinajstić information content (AvgIpc) is 3.35. The Balaban J connectivity index is 1.42. The Kier molecular flexibility index (Phi) is 4.31.